The number of nitrogens with one attached hydrogen (secondary N) is 1. The molecule has 2 aromatic rings. The Labute approximate surface area is 118 Å². The van der Waals surface area contributed by atoms with E-state index < -0.39 is 0 Å². The van der Waals surface area contributed by atoms with Gasteiger partial charge in [0.05, 0.1) is 5.69 Å². The fraction of sp³-hybridized carbons (Fsp3) is 0.250. The Morgan fingerprint density at radius 3 is 2.37 bits per heavy atom. The molecule has 0 saturated heterocycles. The Bertz CT molecular complexity index is 549. The van der Waals surface area contributed by atoms with Gasteiger partial charge < -0.3 is 5.32 Å². The quantitative estimate of drug-likeness (QED) is 0.808. The van der Waals surface area contributed by atoms with Crippen molar-refractivity contribution in [3.8, 4) is 0 Å². The summed E-state index contributed by atoms with van der Waals surface area (Å²) in [6.45, 7) is 4.92. The van der Waals surface area contributed by atoms with Crippen molar-refractivity contribution in [2.45, 2.75) is 26.3 Å². The van der Waals surface area contributed by atoms with Crippen molar-refractivity contribution in [3.63, 3.8) is 0 Å². The number of hydrogen-bond acceptors (Lipinski definition) is 1. The lowest BCUT2D eigenvalue weighted by Crippen LogP contribution is -2.01. The molecule has 3 heteroatoms. The molecule has 0 spiro atoms. The monoisotopic (exact) mass is 277 g/mol. The second-order valence-electron chi connectivity index (χ2n) is 4.87. The van der Waals surface area contributed by atoms with Crippen LogP contribution in [0.2, 0.25) is 5.02 Å². The molecule has 0 aliphatic carbocycles. The van der Waals surface area contributed by atoms with Gasteiger partial charge in [0.1, 0.15) is 5.82 Å². The molecule has 1 N–H and O–H groups in total. The summed E-state index contributed by atoms with van der Waals surface area (Å²) in [4.78, 5) is 0. The van der Waals surface area contributed by atoms with Crippen molar-refractivity contribution in [1.82, 2.24) is 0 Å². The third-order valence-corrected chi connectivity index (χ3v) is 3.30. The van der Waals surface area contributed by atoms with Gasteiger partial charge in [-0.2, -0.15) is 0 Å². The molecule has 0 bridgehead atoms. The van der Waals surface area contributed by atoms with Crippen molar-refractivity contribution in [1.29, 1.82) is 0 Å². The van der Waals surface area contributed by atoms with Crippen molar-refractivity contribution >= 4 is 17.3 Å². The van der Waals surface area contributed by atoms with E-state index in [-0.39, 0.29) is 5.82 Å². The van der Waals surface area contributed by atoms with Crippen LogP contribution in [0.5, 0.6) is 0 Å². The topological polar surface area (TPSA) is 12.0 Å². The third-order valence-electron chi connectivity index (χ3n) is 3.06. The maximum Gasteiger partial charge on any atom is 0.147 e. The van der Waals surface area contributed by atoms with Gasteiger partial charge in [0.15, 0.2) is 0 Å². The number of hydrogen-bond donors (Lipinski definition) is 1. The minimum atomic E-state index is -0.327. The zero-order chi connectivity index (χ0) is 13.8. The van der Waals surface area contributed by atoms with E-state index in [1.165, 1.54) is 11.6 Å². The van der Waals surface area contributed by atoms with Crippen LogP contribution in [0.25, 0.3) is 0 Å². The number of benzene rings is 2. The van der Waals surface area contributed by atoms with Crippen LogP contribution in [-0.2, 0) is 6.54 Å². The molecule has 2 aromatic carbocycles. The SMILES string of the molecule is CC(C)c1ccc(CNc2ccc(Cl)cc2F)cc1. The lowest BCUT2D eigenvalue weighted by molar-refractivity contribution is 0.630. The first-order valence-electron chi connectivity index (χ1n) is 6.34. The molecule has 0 fully saturated rings. The van der Waals surface area contributed by atoms with E-state index in [2.05, 4.69) is 43.4 Å². The Kier molecular flexibility index (Phi) is 4.43. The van der Waals surface area contributed by atoms with Gasteiger partial charge in [-0.25, -0.2) is 4.39 Å². The van der Waals surface area contributed by atoms with Crippen LogP contribution in [0.4, 0.5) is 10.1 Å². The van der Waals surface area contributed by atoms with Gasteiger partial charge >= 0.3 is 0 Å². The van der Waals surface area contributed by atoms with E-state index in [1.807, 2.05) is 0 Å². The predicted molar refractivity (Wildman–Crippen MR) is 79.3 cm³/mol. The van der Waals surface area contributed by atoms with E-state index >= 15 is 0 Å². The normalized spacial score (nSPS) is 10.8. The maximum atomic E-state index is 13.6. The first-order valence-corrected chi connectivity index (χ1v) is 6.72. The highest BCUT2D eigenvalue weighted by molar-refractivity contribution is 6.30. The number of rotatable bonds is 4. The van der Waals surface area contributed by atoms with Gasteiger partial charge in [-0.1, -0.05) is 49.7 Å². The molecule has 0 radical (unpaired) electrons. The van der Waals surface area contributed by atoms with E-state index in [0.717, 1.165) is 5.56 Å². The van der Waals surface area contributed by atoms with E-state index in [1.54, 1.807) is 12.1 Å². The van der Waals surface area contributed by atoms with Crippen LogP contribution in [-0.4, -0.2) is 0 Å². The molecule has 0 amide bonds. The van der Waals surface area contributed by atoms with E-state index in [0.29, 0.717) is 23.2 Å². The minimum Gasteiger partial charge on any atom is -0.379 e. The van der Waals surface area contributed by atoms with Gasteiger partial charge in [0.25, 0.3) is 0 Å². The summed E-state index contributed by atoms with van der Waals surface area (Å²) < 4.78 is 13.6. The van der Waals surface area contributed by atoms with Crippen LogP contribution in [0.15, 0.2) is 42.5 Å². The molecular formula is C16H17ClFN. The van der Waals surface area contributed by atoms with Crippen LogP contribution in [0.1, 0.15) is 30.9 Å². The van der Waals surface area contributed by atoms with Crippen molar-refractivity contribution in [2.75, 3.05) is 5.32 Å². The average molecular weight is 278 g/mol. The highest BCUT2D eigenvalue weighted by atomic mass is 35.5. The molecule has 0 saturated carbocycles. The Balaban J connectivity index is 2.02. The Morgan fingerprint density at radius 2 is 1.79 bits per heavy atom. The molecule has 0 aromatic heterocycles. The zero-order valence-electron chi connectivity index (χ0n) is 11.1. The van der Waals surface area contributed by atoms with Gasteiger partial charge in [-0.3, -0.25) is 0 Å². The van der Waals surface area contributed by atoms with Crippen molar-refractivity contribution in [3.05, 3.63) is 64.4 Å². The molecule has 100 valence electrons. The smallest absolute Gasteiger partial charge is 0.147 e. The summed E-state index contributed by atoms with van der Waals surface area (Å²) in [6.07, 6.45) is 0. The first-order chi connectivity index (χ1) is 9.06. The third kappa shape index (κ3) is 3.71. The second kappa shape index (κ2) is 6.07. The standard InChI is InChI=1S/C16H17ClFN/c1-11(2)13-5-3-12(4-6-13)10-19-16-8-7-14(17)9-15(16)18/h3-9,11,19H,10H2,1-2H3. The number of anilines is 1. The summed E-state index contributed by atoms with van der Waals surface area (Å²) in [7, 11) is 0. The summed E-state index contributed by atoms with van der Waals surface area (Å²) in [6, 6.07) is 13.0. The van der Waals surface area contributed by atoms with E-state index in [4.69, 9.17) is 11.6 Å². The molecule has 2 rings (SSSR count). The molecule has 19 heavy (non-hydrogen) atoms. The average Bonchev–Trinajstić information content (AvgIpc) is 2.38. The van der Waals surface area contributed by atoms with Crippen LogP contribution in [0.3, 0.4) is 0 Å². The highest BCUT2D eigenvalue weighted by Crippen LogP contribution is 2.20. The van der Waals surface area contributed by atoms with Crippen LogP contribution < -0.4 is 5.32 Å². The fourth-order valence-corrected chi connectivity index (χ4v) is 2.01. The zero-order valence-corrected chi connectivity index (χ0v) is 11.8. The first kappa shape index (κ1) is 13.9. The largest absolute Gasteiger partial charge is 0.379 e. The lowest BCUT2D eigenvalue weighted by atomic mass is 10.0. The Morgan fingerprint density at radius 1 is 1.11 bits per heavy atom. The van der Waals surface area contributed by atoms with Gasteiger partial charge in [-0.15, -0.1) is 0 Å². The molecule has 0 atom stereocenters. The molecule has 0 aliphatic rings. The van der Waals surface area contributed by atoms with Gasteiger partial charge in [0.2, 0.25) is 0 Å². The van der Waals surface area contributed by atoms with Crippen molar-refractivity contribution in [2.24, 2.45) is 0 Å². The van der Waals surface area contributed by atoms with Crippen molar-refractivity contribution < 1.29 is 4.39 Å². The molecule has 1 nitrogen and oxygen atoms in total. The molecule has 0 heterocycles. The fourth-order valence-electron chi connectivity index (χ4n) is 1.85. The number of halogens is 2. The summed E-state index contributed by atoms with van der Waals surface area (Å²) in [5.41, 5.74) is 2.90. The second-order valence-corrected chi connectivity index (χ2v) is 5.31. The van der Waals surface area contributed by atoms with Gasteiger partial charge in [0, 0.05) is 11.6 Å². The molecular weight excluding hydrogens is 261 g/mol. The van der Waals surface area contributed by atoms with E-state index in [9.17, 15) is 4.39 Å². The Hall–Kier alpha value is -1.54. The summed E-state index contributed by atoms with van der Waals surface area (Å²) in [5, 5.41) is 3.48. The summed E-state index contributed by atoms with van der Waals surface area (Å²) in [5.74, 6) is 0.196. The maximum absolute atomic E-state index is 13.6. The predicted octanol–water partition coefficient (Wildman–Crippen LogP) is 5.21. The molecule has 0 unspecified atom stereocenters. The van der Waals surface area contributed by atoms with Crippen LogP contribution >= 0.6 is 11.6 Å². The lowest BCUT2D eigenvalue weighted by Gasteiger charge is -2.10. The highest BCUT2D eigenvalue weighted by Gasteiger charge is 2.03. The molecule has 0 aliphatic heterocycles. The minimum absolute atomic E-state index is 0.327. The summed E-state index contributed by atoms with van der Waals surface area (Å²) >= 11 is 5.71. The van der Waals surface area contributed by atoms with Crippen LogP contribution in [0, 0.1) is 5.82 Å². The van der Waals surface area contributed by atoms with Gasteiger partial charge in [-0.05, 0) is 35.2 Å².